The van der Waals surface area contributed by atoms with Crippen LogP contribution in [-0.2, 0) is 11.8 Å². The van der Waals surface area contributed by atoms with Gasteiger partial charge in [0, 0.05) is 31.3 Å². The van der Waals surface area contributed by atoms with E-state index in [9.17, 15) is 4.79 Å². The highest BCUT2D eigenvalue weighted by Crippen LogP contribution is 2.22. The third-order valence-corrected chi connectivity index (χ3v) is 4.42. The van der Waals surface area contributed by atoms with Gasteiger partial charge < -0.3 is 4.90 Å². The van der Waals surface area contributed by atoms with Crippen molar-refractivity contribution >= 4 is 23.6 Å². The molecule has 0 saturated carbocycles. The molecule has 1 atom stereocenters. The molecular weight excluding hydrogens is 274 g/mol. The fraction of sp³-hybridized carbons (Fsp3) is 0.600. The molecule has 2 heterocycles. The molecule has 0 aliphatic carbocycles. The SMILES string of the molecule is CCC1CCCCN1C(=O)/C=C/c1c(C)nn(C)c1Cl. The Hall–Kier alpha value is -1.29. The number of aryl methyl sites for hydroxylation is 2. The smallest absolute Gasteiger partial charge is 0.246 e. The first-order valence-corrected chi connectivity index (χ1v) is 7.60. The van der Waals surface area contributed by atoms with Crippen LogP contribution >= 0.6 is 11.6 Å². The third kappa shape index (κ3) is 3.06. The molecule has 0 aromatic carbocycles. The zero-order valence-electron chi connectivity index (χ0n) is 12.4. The fourth-order valence-electron chi connectivity index (χ4n) is 2.80. The summed E-state index contributed by atoms with van der Waals surface area (Å²) < 4.78 is 1.62. The lowest BCUT2D eigenvalue weighted by molar-refractivity contribution is -0.129. The number of rotatable bonds is 3. The van der Waals surface area contributed by atoms with Gasteiger partial charge in [-0.25, -0.2) is 0 Å². The Bertz CT molecular complexity index is 521. The van der Waals surface area contributed by atoms with Crippen LogP contribution in [0.4, 0.5) is 0 Å². The number of hydrogen-bond acceptors (Lipinski definition) is 2. The van der Waals surface area contributed by atoms with Crippen molar-refractivity contribution in [2.75, 3.05) is 6.54 Å². The summed E-state index contributed by atoms with van der Waals surface area (Å²) in [6.07, 6.45) is 7.87. The minimum atomic E-state index is 0.0795. The highest BCUT2D eigenvalue weighted by molar-refractivity contribution is 6.31. The van der Waals surface area contributed by atoms with Gasteiger partial charge in [-0.3, -0.25) is 9.48 Å². The average Bonchev–Trinajstić information content (AvgIpc) is 2.70. The molecule has 0 spiro atoms. The summed E-state index contributed by atoms with van der Waals surface area (Å²) in [5.74, 6) is 0.0795. The minimum Gasteiger partial charge on any atom is -0.336 e. The van der Waals surface area contributed by atoms with Crippen LogP contribution in [0.2, 0.25) is 5.15 Å². The molecule has 1 aliphatic heterocycles. The van der Waals surface area contributed by atoms with Gasteiger partial charge >= 0.3 is 0 Å². The Kier molecular flexibility index (Phi) is 4.86. The van der Waals surface area contributed by atoms with Crippen LogP contribution in [-0.4, -0.2) is 33.2 Å². The average molecular weight is 296 g/mol. The number of amides is 1. The Balaban J connectivity index is 2.12. The van der Waals surface area contributed by atoms with Gasteiger partial charge in [0.25, 0.3) is 0 Å². The zero-order chi connectivity index (χ0) is 14.7. The summed E-state index contributed by atoms with van der Waals surface area (Å²) in [6, 6.07) is 0.381. The van der Waals surface area contributed by atoms with E-state index in [0.29, 0.717) is 11.2 Å². The van der Waals surface area contributed by atoms with Crippen molar-refractivity contribution in [3.8, 4) is 0 Å². The van der Waals surface area contributed by atoms with Crippen molar-refractivity contribution in [2.45, 2.75) is 45.6 Å². The van der Waals surface area contributed by atoms with E-state index in [4.69, 9.17) is 11.6 Å². The molecular formula is C15H22ClN3O. The molecule has 1 aromatic rings. The molecule has 1 fully saturated rings. The number of piperidine rings is 1. The predicted octanol–water partition coefficient (Wildman–Crippen LogP) is 3.19. The number of nitrogens with zero attached hydrogens (tertiary/aromatic N) is 3. The molecule has 0 radical (unpaired) electrons. The molecule has 0 N–H and O–H groups in total. The summed E-state index contributed by atoms with van der Waals surface area (Å²) in [5.41, 5.74) is 1.67. The maximum Gasteiger partial charge on any atom is 0.246 e. The van der Waals surface area contributed by atoms with E-state index in [1.165, 1.54) is 6.42 Å². The van der Waals surface area contributed by atoms with E-state index in [-0.39, 0.29) is 5.91 Å². The number of carbonyl (C=O) groups is 1. The predicted molar refractivity (Wildman–Crippen MR) is 81.6 cm³/mol. The van der Waals surface area contributed by atoms with E-state index in [2.05, 4.69) is 12.0 Å². The zero-order valence-corrected chi connectivity index (χ0v) is 13.2. The maximum absolute atomic E-state index is 12.3. The summed E-state index contributed by atoms with van der Waals surface area (Å²) in [4.78, 5) is 14.3. The quantitative estimate of drug-likeness (QED) is 0.803. The van der Waals surface area contributed by atoms with Crippen molar-refractivity contribution in [1.29, 1.82) is 0 Å². The molecule has 5 heteroatoms. The van der Waals surface area contributed by atoms with Crippen LogP contribution in [0.1, 0.15) is 43.9 Å². The Labute approximate surface area is 125 Å². The molecule has 1 unspecified atom stereocenters. The third-order valence-electron chi connectivity index (χ3n) is 3.97. The van der Waals surface area contributed by atoms with Crippen molar-refractivity contribution < 1.29 is 4.79 Å². The van der Waals surface area contributed by atoms with Crippen molar-refractivity contribution in [2.24, 2.45) is 7.05 Å². The minimum absolute atomic E-state index is 0.0795. The first kappa shape index (κ1) is 15.1. The topological polar surface area (TPSA) is 38.1 Å². The van der Waals surface area contributed by atoms with Crippen LogP contribution in [0.15, 0.2) is 6.08 Å². The van der Waals surface area contributed by atoms with Crippen LogP contribution in [0.3, 0.4) is 0 Å². The Morgan fingerprint density at radius 2 is 2.25 bits per heavy atom. The highest BCUT2D eigenvalue weighted by atomic mass is 35.5. The van der Waals surface area contributed by atoms with Crippen molar-refractivity contribution in [3.05, 3.63) is 22.5 Å². The van der Waals surface area contributed by atoms with Gasteiger partial charge in [-0.05, 0) is 38.7 Å². The molecule has 1 saturated heterocycles. The van der Waals surface area contributed by atoms with Crippen LogP contribution in [0.25, 0.3) is 6.08 Å². The second-order valence-corrected chi connectivity index (χ2v) is 5.69. The molecule has 1 amide bonds. The molecule has 110 valence electrons. The normalized spacial score (nSPS) is 19.8. The summed E-state index contributed by atoms with van der Waals surface area (Å²) in [5, 5.41) is 4.81. The number of likely N-dealkylation sites (tertiary alicyclic amines) is 1. The molecule has 1 aromatic heterocycles. The van der Waals surface area contributed by atoms with Crippen LogP contribution < -0.4 is 0 Å². The Morgan fingerprint density at radius 1 is 1.50 bits per heavy atom. The first-order valence-electron chi connectivity index (χ1n) is 7.22. The second kappa shape index (κ2) is 6.44. The summed E-state index contributed by atoms with van der Waals surface area (Å²) in [7, 11) is 1.80. The lowest BCUT2D eigenvalue weighted by Crippen LogP contribution is -2.42. The summed E-state index contributed by atoms with van der Waals surface area (Å²) >= 11 is 6.16. The van der Waals surface area contributed by atoms with E-state index in [1.807, 2.05) is 11.8 Å². The van der Waals surface area contributed by atoms with E-state index in [0.717, 1.165) is 37.1 Å². The van der Waals surface area contributed by atoms with Gasteiger partial charge in [-0.15, -0.1) is 0 Å². The van der Waals surface area contributed by atoms with Gasteiger partial charge in [0.1, 0.15) is 5.15 Å². The van der Waals surface area contributed by atoms with E-state index < -0.39 is 0 Å². The number of halogens is 1. The van der Waals surface area contributed by atoms with Crippen molar-refractivity contribution in [1.82, 2.24) is 14.7 Å². The molecule has 4 nitrogen and oxygen atoms in total. The number of hydrogen-bond donors (Lipinski definition) is 0. The Morgan fingerprint density at radius 3 is 2.85 bits per heavy atom. The molecule has 1 aliphatic rings. The van der Waals surface area contributed by atoms with Crippen LogP contribution in [0.5, 0.6) is 0 Å². The standard InChI is InChI=1S/C15H22ClN3O/c1-4-12-7-5-6-10-19(12)14(20)9-8-13-11(2)17-18(3)15(13)16/h8-9,12H,4-7,10H2,1-3H3/b9-8+. The lowest BCUT2D eigenvalue weighted by atomic mass is 10.00. The van der Waals surface area contributed by atoms with Crippen LogP contribution in [0, 0.1) is 6.92 Å². The molecule has 20 heavy (non-hydrogen) atoms. The number of aromatic nitrogens is 2. The number of carbonyl (C=O) groups excluding carboxylic acids is 1. The van der Waals surface area contributed by atoms with Gasteiger partial charge in [-0.1, -0.05) is 18.5 Å². The largest absolute Gasteiger partial charge is 0.336 e. The van der Waals surface area contributed by atoms with Gasteiger partial charge in [0.15, 0.2) is 0 Å². The summed E-state index contributed by atoms with van der Waals surface area (Å²) in [6.45, 7) is 4.90. The first-order chi connectivity index (χ1) is 9.54. The molecule has 0 bridgehead atoms. The fourth-order valence-corrected chi connectivity index (χ4v) is 3.04. The lowest BCUT2D eigenvalue weighted by Gasteiger charge is -2.34. The molecule has 2 rings (SSSR count). The van der Waals surface area contributed by atoms with Gasteiger partial charge in [0.05, 0.1) is 5.69 Å². The van der Waals surface area contributed by atoms with Gasteiger partial charge in [-0.2, -0.15) is 5.10 Å². The van der Waals surface area contributed by atoms with Crippen molar-refractivity contribution in [3.63, 3.8) is 0 Å². The van der Waals surface area contributed by atoms with E-state index in [1.54, 1.807) is 23.9 Å². The maximum atomic E-state index is 12.3. The monoisotopic (exact) mass is 295 g/mol. The van der Waals surface area contributed by atoms with Gasteiger partial charge in [0.2, 0.25) is 5.91 Å². The highest BCUT2D eigenvalue weighted by Gasteiger charge is 2.23. The van der Waals surface area contributed by atoms with E-state index >= 15 is 0 Å². The second-order valence-electron chi connectivity index (χ2n) is 5.34.